The van der Waals surface area contributed by atoms with Gasteiger partial charge in [0.15, 0.2) is 0 Å². The Hall–Kier alpha value is -0.560. The SMILES string of the molecule is C=C(C)[C@@H]1CC=CCC1.CO. The van der Waals surface area contributed by atoms with Crippen molar-refractivity contribution in [1.82, 2.24) is 0 Å². The Balaban J connectivity index is 0.000000461. The molecule has 0 fully saturated rings. The summed E-state index contributed by atoms with van der Waals surface area (Å²) >= 11 is 0. The smallest absolute Gasteiger partial charge is 0.0319 e. The fourth-order valence-electron chi connectivity index (χ4n) is 1.24. The van der Waals surface area contributed by atoms with E-state index in [4.69, 9.17) is 5.11 Å². The molecule has 0 radical (unpaired) electrons. The van der Waals surface area contributed by atoms with Crippen molar-refractivity contribution < 1.29 is 5.11 Å². The summed E-state index contributed by atoms with van der Waals surface area (Å²) in [6, 6.07) is 0. The lowest BCUT2D eigenvalue weighted by Crippen LogP contribution is -2.02. The zero-order valence-electron chi connectivity index (χ0n) is 7.51. The first kappa shape index (κ1) is 10.4. The van der Waals surface area contributed by atoms with Crippen molar-refractivity contribution in [1.29, 1.82) is 0 Å². The normalized spacial score (nSPS) is 21.9. The highest BCUT2D eigenvalue weighted by Crippen LogP contribution is 2.23. The van der Waals surface area contributed by atoms with Crippen molar-refractivity contribution in [3.8, 4) is 0 Å². The topological polar surface area (TPSA) is 20.2 Å². The molecule has 0 spiro atoms. The number of rotatable bonds is 1. The Bertz CT molecular complexity index is 136. The van der Waals surface area contributed by atoms with Crippen LogP contribution in [0.3, 0.4) is 0 Å². The van der Waals surface area contributed by atoms with Gasteiger partial charge in [-0.15, -0.1) is 0 Å². The molecule has 0 unspecified atom stereocenters. The van der Waals surface area contributed by atoms with Crippen LogP contribution in [-0.2, 0) is 0 Å². The lowest BCUT2D eigenvalue weighted by Gasteiger charge is -2.16. The van der Waals surface area contributed by atoms with E-state index < -0.39 is 0 Å². The molecule has 0 aliphatic heterocycles. The van der Waals surface area contributed by atoms with Gasteiger partial charge in [0.25, 0.3) is 0 Å². The molecule has 0 amide bonds. The highest BCUT2D eigenvalue weighted by Gasteiger charge is 2.08. The van der Waals surface area contributed by atoms with E-state index in [0.29, 0.717) is 0 Å². The summed E-state index contributed by atoms with van der Waals surface area (Å²) in [6.45, 7) is 6.07. The van der Waals surface area contributed by atoms with Crippen LogP contribution in [0.4, 0.5) is 0 Å². The van der Waals surface area contributed by atoms with E-state index in [1.165, 1.54) is 24.8 Å². The van der Waals surface area contributed by atoms with Gasteiger partial charge >= 0.3 is 0 Å². The van der Waals surface area contributed by atoms with Gasteiger partial charge in [0.2, 0.25) is 0 Å². The molecule has 0 heterocycles. The van der Waals surface area contributed by atoms with Crippen LogP contribution in [0.15, 0.2) is 24.3 Å². The quantitative estimate of drug-likeness (QED) is 0.575. The molecule has 1 nitrogen and oxygen atoms in total. The summed E-state index contributed by atoms with van der Waals surface area (Å²) in [5.74, 6) is 0.773. The van der Waals surface area contributed by atoms with Gasteiger partial charge < -0.3 is 5.11 Å². The van der Waals surface area contributed by atoms with E-state index in [1.54, 1.807) is 0 Å². The summed E-state index contributed by atoms with van der Waals surface area (Å²) in [6.07, 6.45) is 8.31. The highest BCUT2D eigenvalue weighted by atomic mass is 16.2. The van der Waals surface area contributed by atoms with Crippen LogP contribution < -0.4 is 0 Å². The van der Waals surface area contributed by atoms with Crippen molar-refractivity contribution in [2.24, 2.45) is 5.92 Å². The Morgan fingerprint density at radius 2 is 2.09 bits per heavy atom. The summed E-state index contributed by atoms with van der Waals surface area (Å²) in [5, 5.41) is 7.00. The van der Waals surface area contributed by atoms with Crippen molar-refractivity contribution in [2.75, 3.05) is 7.11 Å². The maximum atomic E-state index is 7.00. The van der Waals surface area contributed by atoms with Crippen LogP contribution >= 0.6 is 0 Å². The standard InChI is InChI=1S/C9H14.CH4O/c1-8(2)9-6-4-3-5-7-9;1-2/h3-4,9H,1,5-7H2,2H3;2H,1H3/t9-;/m1./s1. The van der Waals surface area contributed by atoms with Gasteiger partial charge in [-0.25, -0.2) is 0 Å². The largest absolute Gasteiger partial charge is 0.400 e. The summed E-state index contributed by atoms with van der Waals surface area (Å²) < 4.78 is 0. The minimum atomic E-state index is 0.773. The lowest BCUT2D eigenvalue weighted by atomic mass is 9.89. The third kappa shape index (κ3) is 3.99. The van der Waals surface area contributed by atoms with Crippen LogP contribution in [0.2, 0.25) is 0 Å². The third-order valence-corrected chi connectivity index (χ3v) is 1.97. The first-order valence-corrected chi connectivity index (χ1v) is 4.06. The van der Waals surface area contributed by atoms with Crippen LogP contribution in [-0.4, -0.2) is 12.2 Å². The van der Waals surface area contributed by atoms with Gasteiger partial charge in [-0.2, -0.15) is 0 Å². The second kappa shape index (κ2) is 6.17. The van der Waals surface area contributed by atoms with Crippen molar-refractivity contribution in [3.63, 3.8) is 0 Å². The fraction of sp³-hybridized carbons (Fsp3) is 0.600. The van der Waals surface area contributed by atoms with Crippen LogP contribution in [0.5, 0.6) is 0 Å². The minimum Gasteiger partial charge on any atom is -0.400 e. The molecule has 0 bridgehead atoms. The molecule has 11 heavy (non-hydrogen) atoms. The molecule has 0 aromatic rings. The maximum absolute atomic E-state index is 7.00. The van der Waals surface area contributed by atoms with E-state index in [-0.39, 0.29) is 0 Å². The van der Waals surface area contributed by atoms with Gasteiger partial charge in [0.1, 0.15) is 0 Å². The number of aliphatic hydroxyl groups excluding tert-OH is 1. The number of hydrogen-bond acceptors (Lipinski definition) is 1. The average Bonchev–Trinajstić information content (AvgIpc) is 2.10. The van der Waals surface area contributed by atoms with E-state index in [9.17, 15) is 0 Å². The molecule has 1 atom stereocenters. The molecule has 1 aliphatic rings. The zero-order chi connectivity index (χ0) is 8.69. The van der Waals surface area contributed by atoms with Crippen molar-refractivity contribution >= 4 is 0 Å². The predicted molar refractivity (Wildman–Crippen MR) is 49.4 cm³/mol. The summed E-state index contributed by atoms with van der Waals surface area (Å²) in [5.41, 5.74) is 1.35. The van der Waals surface area contributed by atoms with Gasteiger partial charge in [0.05, 0.1) is 0 Å². The number of aliphatic hydroxyl groups is 1. The molecule has 0 saturated heterocycles. The number of allylic oxidation sites excluding steroid dienone is 3. The average molecular weight is 154 g/mol. The van der Waals surface area contributed by atoms with Crippen molar-refractivity contribution in [3.05, 3.63) is 24.3 Å². The molecule has 0 aromatic heterocycles. The minimum absolute atomic E-state index is 0.773. The molecule has 1 aliphatic carbocycles. The van der Waals surface area contributed by atoms with Crippen LogP contribution in [0, 0.1) is 5.92 Å². The summed E-state index contributed by atoms with van der Waals surface area (Å²) in [4.78, 5) is 0. The second-order valence-corrected chi connectivity index (χ2v) is 2.83. The molecule has 1 heteroatoms. The summed E-state index contributed by atoms with van der Waals surface area (Å²) in [7, 11) is 1.00. The highest BCUT2D eigenvalue weighted by molar-refractivity contribution is 5.03. The lowest BCUT2D eigenvalue weighted by molar-refractivity contribution is 0.399. The van der Waals surface area contributed by atoms with Crippen LogP contribution in [0.25, 0.3) is 0 Å². The fourth-order valence-corrected chi connectivity index (χ4v) is 1.24. The number of hydrogen-bond donors (Lipinski definition) is 1. The molecular weight excluding hydrogens is 136 g/mol. The maximum Gasteiger partial charge on any atom is 0.0319 e. The van der Waals surface area contributed by atoms with Gasteiger partial charge in [-0.3, -0.25) is 0 Å². The zero-order valence-corrected chi connectivity index (χ0v) is 7.51. The van der Waals surface area contributed by atoms with Gasteiger partial charge in [-0.05, 0) is 32.1 Å². The molecular formula is C10H18O. The molecule has 64 valence electrons. The first-order valence-electron chi connectivity index (χ1n) is 4.06. The third-order valence-electron chi connectivity index (χ3n) is 1.97. The van der Waals surface area contributed by atoms with Gasteiger partial charge in [0, 0.05) is 7.11 Å². The van der Waals surface area contributed by atoms with E-state index >= 15 is 0 Å². The first-order chi connectivity index (χ1) is 5.30. The van der Waals surface area contributed by atoms with E-state index in [0.717, 1.165) is 13.0 Å². The molecule has 1 N–H and O–H groups in total. The van der Waals surface area contributed by atoms with Gasteiger partial charge in [-0.1, -0.05) is 24.3 Å². The predicted octanol–water partition coefficient (Wildman–Crippen LogP) is 2.53. The monoisotopic (exact) mass is 154 g/mol. The molecule has 0 aromatic carbocycles. The van der Waals surface area contributed by atoms with E-state index in [1.807, 2.05) is 0 Å². The Morgan fingerprint density at radius 1 is 1.45 bits per heavy atom. The van der Waals surface area contributed by atoms with Crippen LogP contribution in [0.1, 0.15) is 26.2 Å². The molecule has 0 saturated carbocycles. The van der Waals surface area contributed by atoms with Crippen molar-refractivity contribution in [2.45, 2.75) is 26.2 Å². The molecule has 1 rings (SSSR count). The Morgan fingerprint density at radius 3 is 2.36 bits per heavy atom. The van der Waals surface area contributed by atoms with E-state index in [2.05, 4.69) is 25.7 Å². The Labute approximate surface area is 69.4 Å². The Kier molecular flexibility index (Phi) is 5.86. The second-order valence-electron chi connectivity index (χ2n) is 2.83.